The summed E-state index contributed by atoms with van der Waals surface area (Å²) in [5.74, 6) is 0.133. The predicted octanol–water partition coefficient (Wildman–Crippen LogP) is -0.127. The zero-order chi connectivity index (χ0) is 13.1. The molecule has 3 N–H and O–H groups in total. The predicted molar refractivity (Wildman–Crippen MR) is 66.4 cm³/mol. The Hall–Kier alpha value is -1.10. The number of amides is 2. The zero-order valence-corrected chi connectivity index (χ0v) is 11.1. The lowest BCUT2D eigenvalue weighted by molar-refractivity contribution is -0.129. The highest BCUT2D eigenvalue weighted by Gasteiger charge is 2.29. The van der Waals surface area contributed by atoms with Gasteiger partial charge < -0.3 is 16.0 Å². The molecule has 0 aromatic carbocycles. The van der Waals surface area contributed by atoms with E-state index in [0.717, 1.165) is 6.54 Å². The fraction of sp³-hybridized carbons (Fsp3) is 0.833. The van der Waals surface area contributed by atoms with Gasteiger partial charge in [0.25, 0.3) is 0 Å². The van der Waals surface area contributed by atoms with Crippen molar-refractivity contribution in [3.05, 3.63) is 0 Å². The lowest BCUT2D eigenvalue weighted by Crippen LogP contribution is -2.47. The van der Waals surface area contributed by atoms with E-state index >= 15 is 0 Å². The van der Waals surface area contributed by atoms with Crippen molar-refractivity contribution in [2.24, 2.45) is 11.8 Å². The number of nitrogens with one attached hydrogen (secondary N) is 3. The minimum absolute atomic E-state index is 0.0163. The highest BCUT2D eigenvalue weighted by Crippen LogP contribution is 2.15. The van der Waals surface area contributed by atoms with Gasteiger partial charge in [0.05, 0.1) is 12.5 Å². The van der Waals surface area contributed by atoms with Crippen LogP contribution in [0, 0.1) is 11.8 Å². The van der Waals surface area contributed by atoms with Gasteiger partial charge in [0, 0.05) is 12.1 Å². The van der Waals surface area contributed by atoms with Gasteiger partial charge in [-0.05, 0) is 33.2 Å². The standard InChI is InChI=1S/C12H23N3O2/c1-8-5-13-6-9(8)11(17)14-7-10(16)15-12(2,3)4/h8-9,13H,5-7H2,1-4H3,(H,14,17)(H,15,16)/t8-,9-/m1/s1. The summed E-state index contributed by atoms with van der Waals surface area (Å²) >= 11 is 0. The molecule has 0 radical (unpaired) electrons. The van der Waals surface area contributed by atoms with Crippen molar-refractivity contribution in [2.75, 3.05) is 19.6 Å². The van der Waals surface area contributed by atoms with Gasteiger partial charge in [0.15, 0.2) is 0 Å². The molecule has 0 aromatic rings. The minimum Gasteiger partial charge on any atom is -0.350 e. The van der Waals surface area contributed by atoms with Crippen molar-refractivity contribution in [2.45, 2.75) is 33.2 Å². The average molecular weight is 241 g/mol. The van der Waals surface area contributed by atoms with Crippen LogP contribution in [-0.4, -0.2) is 37.0 Å². The molecule has 5 heteroatoms. The summed E-state index contributed by atoms with van der Waals surface area (Å²) < 4.78 is 0. The number of rotatable bonds is 3. The Bertz CT molecular complexity index is 297. The molecule has 1 aliphatic heterocycles. The quantitative estimate of drug-likeness (QED) is 0.645. The largest absolute Gasteiger partial charge is 0.350 e. The maximum Gasteiger partial charge on any atom is 0.239 e. The highest BCUT2D eigenvalue weighted by molar-refractivity contribution is 5.86. The molecule has 1 heterocycles. The number of hydrogen-bond donors (Lipinski definition) is 3. The summed E-state index contributed by atoms with van der Waals surface area (Å²) in [6.45, 7) is 9.40. The van der Waals surface area contributed by atoms with E-state index in [9.17, 15) is 9.59 Å². The van der Waals surface area contributed by atoms with E-state index in [1.165, 1.54) is 0 Å². The lowest BCUT2D eigenvalue weighted by atomic mass is 9.97. The van der Waals surface area contributed by atoms with E-state index in [-0.39, 0.29) is 29.8 Å². The molecule has 0 saturated carbocycles. The van der Waals surface area contributed by atoms with Crippen molar-refractivity contribution in [3.63, 3.8) is 0 Å². The average Bonchev–Trinajstić information content (AvgIpc) is 2.58. The van der Waals surface area contributed by atoms with Crippen molar-refractivity contribution in [3.8, 4) is 0 Å². The van der Waals surface area contributed by atoms with E-state index in [4.69, 9.17) is 0 Å². The number of hydrogen-bond acceptors (Lipinski definition) is 3. The first-order valence-corrected chi connectivity index (χ1v) is 6.09. The first-order chi connectivity index (χ1) is 7.79. The molecule has 2 amide bonds. The molecule has 1 saturated heterocycles. The Balaban J connectivity index is 2.31. The van der Waals surface area contributed by atoms with Gasteiger partial charge in [-0.15, -0.1) is 0 Å². The van der Waals surface area contributed by atoms with Crippen molar-refractivity contribution >= 4 is 11.8 Å². The summed E-state index contributed by atoms with van der Waals surface area (Å²) in [5.41, 5.74) is -0.260. The van der Waals surface area contributed by atoms with Gasteiger partial charge in [-0.3, -0.25) is 9.59 Å². The van der Waals surface area contributed by atoms with Gasteiger partial charge in [-0.1, -0.05) is 6.92 Å². The Morgan fingerprint density at radius 2 is 1.94 bits per heavy atom. The third-order valence-electron chi connectivity index (χ3n) is 2.79. The molecule has 0 aliphatic carbocycles. The summed E-state index contributed by atoms with van der Waals surface area (Å²) in [5, 5.41) is 8.66. The zero-order valence-electron chi connectivity index (χ0n) is 11.1. The molecule has 0 bridgehead atoms. The Labute approximate surface area is 103 Å². The summed E-state index contributed by atoms with van der Waals surface area (Å²) in [6, 6.07) is 0. The molecule has 1 fully saturated rings. The van der Waals surface area contributed by atoms with Gasteiger partial charge in [-0.25, -0.2) is 0 Å². The van der Waals surface area contributed by atoms with E-state index in [2.05, 4.69) is 16.0 Å². The molecule has 0 unspecified atom stereocenters. The molecule has 0 aromatic heterocycles. The topological polar surface area (TPSA) is 70.2 Å². The Kier molecular flexibility index (Phi) is 4.51. The molecular weight excluding hydrogens is 218 g/mol. The summed E-state index contributed by atoms with van der Waals surface area (Å²) in [6.07, 6.45) is 0. The molecule has 2 atom stereocenters. The lowest BCUT2D eigenvalue weighted by Gasteiger charge is -2.21. The molecule has 0 spiro atoms. The van der Waals surface area contributed by atoms with E-state index in [0.29, 0.717) is 12.5 Å². The second kappa shape index (κ2) is 5.49. The van der Waals surface area contributed by atoms with Crippen LogP contribution < -0.4 is 16.0 Å². The summed E-state index contributed by atoms with van der Waals surface area (Å²) in [4.78, 5) is 23.3. The summed E-state index contributed by atoms with van der Waals surface area (Å²) in [7, 11) is 0. The monoisotopic (exact) mass is 241 g/mol. The van der Waals surface area contributed by atoms with E-state index < -0.39 is 0 Å². The molecule has 17 heavy (non-hydrogen) atoms. The Morgan fingerprint density at radius 1 is 1.29 bits per heavy atom. The number of carbonyl (C=O) groups is 2. The maximum atomic E-state index is 11.8. The van der Waals surface area contributed by atoms with E-state index in [1.807, 2.05) is 27.7 Å². The molecule has 98 valence electrons. The van der Waals surface area contributed by atoms with Crippen LogP contribution >= 0.6 is 0 Å². The van der Waals surface area contributed by atoms with Gasteiger partial charge in [-0.2, -0.15) is 0 Å². The molecular formula is C12H23N3O2. The van der Waals surface area contributed by atoms with Crippen LogP contribution in [0.1, 0.15) is 27.7 Å². The van der Waals surface area contributed by atoms with Gasteiger partial charge in [0.2, 0.25) is 11.8 Å². The molecule has 5 nitrogen and oxygen atoms in total. The smallest absolute Gasteiger partial charge is 0.239 e. The second-order valence-corrected chi connectivity index (χ2v) is 5.76. The van der Waals surface area contributed by atoms with Crippen LogP contribution in [0.25, 0.3) is 0 Å². The van der Waals surface area contributed by atoms with Crippen molar-refractivity contribution < 1.29 is 9.59 Å². The van der Waals surface area contributed by atoms with Crippen LogP contribution in [0.4, 0.5) is 0 Å². The van der Waals surface area contributed by atoms with Crippen molar-refractivity contribution in [1.29, 1.82) is 0 Å². The van der Waals surface area contributed by atoms with Crippen LogP contribution in [0.15, 0.2) is 0 Å². The van der Waals surface area contributed by atoms with Crippen LogP contribution in [0.2, 0.25) is 0 Å². The van der Waals surface area contributed by atoms with E-state index in [1.54, 1.807) is 0 Å². The molecule has 1 aliphatic rings. The maximum absolute atomic E-state index is 11.8. The highest BCUT2D eigenvalue weighted by atomic mass is 16.2. The first kappa shape index (κ1) is 14.0. The van der Waals surface area contributed by atoms with Crippen LogP contribution in [0.3, 0.4) is 0 Å². The third kappa shape index (κ3) is 4.73. The normalized spacial score (nSPS) is 24.5. The fourth-order valence-corrected chi connectivity index (χ4v) is 1.92. The molecule has 1 rings (SSSR count). The first-order valence-electron chi connectivity index (χ1n) is 6.09. The third-order valence-corrected chi connectivity index (χ3v) is 2.79. The SMILES string of the molecule is C[C@@H]1CNC[C@H]1C(=O)NCC(=O)NC(C)(C)C. The van der Waals surface area contributed by atoms with Gasteiger partial charge in [0.1, 0.15) is 0 Å². The second-order valence-electron chi connectivity index (χ2n) is 5.76. The number of carbonyl (C=O) groups excluding carboxylic acids is 2. The fourth-order valence-electron chi connectivity index (χ4n) is 1.92. The van der Waals surface area contributed by atoms with Gasteiger partial charge >= 0.3 is 0 Å². The van der Waals surface area contributed by atoms with Crippen LogP contribution in [-0.2, 0) is 9.59 Å². The Morgan fingerprint density at radius 3 is 2.41 bits per heavy atom. The van der Waals surface area contributed by atoms with Crippen LogP contribution in [0.5, 0.6) is 0 Å². The van der Waals surface area contributed by atoms with Crippen molar-refractivity contribution in [1.82, 2.24) is 16.0 Å². The minimum atomic E-state index is -0.260.